The van der Waals surface area contributed by atoms with Crippen molar-refractivity contribution in [2.75, 3.05) is 37.8 Å². The van der Waals surface area contributed by atoms with Crippen LogP contribution in [-0.2, 0) is 28.6 Å². The molecule has 0 heterocycles. The summed E-state index contributed by atoms with van der Waals surface area (Å²) in [5.74, 6) is 0.0832. The minimum atomic E-state index is -3.45. The van der Waals surface area contributed by atoms with Gasteiger partial charge in [0.25, 0.3) is 20.2 Å². The van der Waals surface area contributed by atoms with E-state index in [4.69, 9.17) is 8.37 Å². The maximum absolute atomic E-state index is 11.5. The number of hydrogen-bond donors (Lipinski definition) is 1. The van der Waals surface area contributed by atoms with Gasteiger partial charge in [0, 0.05) is 13.1 Å². The predicted molar refractivity (Wildman–Crippen MR) is 98.6 cm³/mol. The zero-order valence-corrected chi connectivity index (χ0v) is 17.1. The fourth-order valence-corrected chi connectivity index (χ4v) is 3.81. The highest BCUT2D eigenvalue weighted by atomic mass is 35.5. The van der Waals surface area contributed by atoms with Crippen LogP contribution in [0.15, 0.2) is 0 Å². The molecule has 7 nitrogen and oxygen atoms in total. The average molecular weight is 410 g/mol. The number of unbranched alkanes of at least 4 members (excludes halogenated alkanes) is 4. The highest BCUT2D eigenvalue weighted by molar-refractivity contribution is 7.86. The molecule has 0 fully saturated rings. The molecule has 148 valence electrons. The SMILES string of the molecule is CCCCCS(=O)(=O)OCCNCCOS(=O)(=O)CCCCC.Cl. The van der Waals surface area contributed by atoms with Crippen LogP contribution in [0.5, 0.6) is 0 Å². The Bertz CT molecular complexity index is 437. The van der Waals surface area contributed by atoms with Gasteiger partial charge in [0.2, 0.25) is 0 Å². The van der Waals surface area contributed by atoms with Crippen molar-refractivity contribution < 1.29 is 25.2 Å². The molecule has 0 aromatic rings. The van der Waals surface area contributed by atoms with Crippen molar-refractivity contribution >= 4 is 32.6 Å². The Balaban J connectivity index is 0. The Kier molecular flexibility index (Phi) is 16.8. The van der Waals surface area contributed by atoms with E-state index in [1.807, 2.05) is 13.8 Å². The van der Waals surface area contributed by atoms with Crippen molar-refractivity contribution in [2.24, 2.45) is 0 Å². The summed E-state index contributed by atoms with van der Waals surface area (Å²) in [5, 5.41) is 2.89. The van der Waals surface area contributed by atoms with Gasteiger partial charge in [0.05, 0.1) is 24.7 Å². The quantitative estimate of drug-likeness (QED) is 0.307. The fourth-order valence-electron chi connectivity index (χ4n) is 1.78. The van der Waals surface area contributed by atoms with Crippen LogP contribution in [0.25, 0.3) is 0 Å². The minimum absolute atomic E-state index is 0. The number of rotatable bonds is 16. The van der Waals surface area contributed by atoms with Crippen LogP contribution in [-0.4, -0.2) is 54.6 Å². The van der Waals surface area contributed by atoms with E-state index in [0.717, 1.165) is 25.7 Å². The zero-order chi connectivity index (χ0) is 17.6. The van der Waals surface area contributed by atoms with Gasteiger partial charge in [-0.2, -0.15) is 16.8 Å². The van der Waals surface area contributed by atoms with Gasteiger partial charge in [-0.1, -0.05) is 39.5 Å². The van der Waals surface area contributed by atoms with E-state index >= 15 is 0 Å². The third kappa shape index (κ3) is 16.9. The molecule has 0 spiro atoms. The summed E-state index contributed by atoms with van der Waals surface area (Å²) in [5.41, 5.74) is 0. The van der Waals surface area contributed by atoms with Crippen LogP contribution in [0.1, 0.15) is 52.4 Å². The van der Waals surface area contributed by atoms with Gasteiger partial charge in [-0.05, 0) is 12.8 Å². The monoisotopic (exact) mass is 409 g/mol. The summed E-state index contributed by atoms with van der Waals surface area (Å²) in [6.07, 6.45) is 4.86. The highest BCUT2D eigenvalue weighted by Crippen LogP contribution is 2.02. The summed E-state index contributed by atoms with van der Waals surface area (Å²) in [4.78, 5) is 0. The summed E-state index contributed by atoms with van der Waals surface area (Å²) in [7, 11) is -6.90. The van der Waals surface area contributed by atoms with E-state index in [1.54, 1.807) is 0 Å². The smallest absolute Gasteiger partial charge is 0.267 e. The first-order valence-corrected chi connectivity index (χ1v) is 11.4. The third-order valence-corrected chi connectivity index (χ3v) is 5.71. The second kappa shape index (κ2) is 15.3. The predicted octanol–water partition coefficient (Wildman–Crippen LogP) is 2.07. The Hall–Kier alpha value is 0.0700. The van der Waals surface area contributed by atoms with E-state index in [2.05, 4.69) is 5.32 Å². The van der Waals surface area contributed by atoms with E-state index in [0.29, 0.717) is 25.9 Å². The van der Waals surface area contributed by atoms with Gasteiger partial charge in [-0.25, -0.2) is 0 Å². The largest absolute Gasteiger partial charge is 0.312 e. The Labute approximate surface area is 153 Å². The lowest BCUT2D eigenvalue weighted by molar-refractivity contribution is 0.292. The molecule has 0 rings (SSSR count). The first kappa shape index (κ1) is 26.3. The fraction of sp³-hybridized carbons (Fsp3) is 1.00. The van der Waals surface area contributed by atoms with Crippen molar-refractivity contribution in [1.82, 2.24) is 5.32 Å². The third-order valence-electron chi connectivity index (χ3n) is 3.08. The van der Waals surface area contributed by atoms with Crippen LogP contribution in [0.3, 0.4) is 0 Å². The van der Waals surface area contributed by atoms with Crippen molar-refractivity contribution in [3.05, 3.63) is 0 Å². The van der Waals surface area contributed by atoms with E-state index < -0.39 is 20.2 Å². The lowest BCUT2D eigenvalue weighted by Crippen LogP contribution is -2.27. The molecule has 24 heavy (non-hydrogen) atoms. The maximum atomic E-state index is 11.5. The molecular formula is C14H32ClNO6S2. The average Bonchev–Trinajstić information content (AvgIpc) is 2.46. The molecule has 0 aliphatic carbocycles. The van der Waals surface area contributed by atoms with Crippen molar-refractivity contribution in [3.8, 4) is 0 Å². The van der Waals surface area contributed by atoms with Crippen LogP contribution in [0.4, 0.5) is 0 Å². The summed E-state index contributed by atoms with van der Waals surface area (Å²) < 4.78 is 55.7. The van der Waals surface area contributed by atoms with Crippen LogP contribution in [0, 0.1) is 0 Å². The van der Waals surface area contributed by atoms with Gasteiger partial charge in [0.1, 0.15) is 0 Å². The zero-order valence-electron chi connectivity index (χ0n) is 14.7. The first-order valence-electron chi connectivity index (χ1n) is 8.28. The van der Waals surface area contributed by atoms with E-state index in [-0.39, 0.29) is 37.1 Å². The van der Waals surface area contributed by atoms with Crippen LogP contribution < -0.4 is 5.32 Å². The maximum Gasteiger partial charge on any atom is 0.267 e. The van der Waals surface area contributed by atoms with Crippen molar-refractivity contribution in [3.63, 3.8) is 0 Å². The van der Waals surface area contributed by atoms with E-state index in [1.165, 1.54) is 0 Å². The molecule has 0 unspecified atom stereocenters. The molecule has 0 amide bonds. The number of halogens is 1. The standard InChI is InChI=1S/C14H31NO6S2.ClH/c1-3-5-7-13-22(16,17)20-11-9-15-10-12-21-23(18,19)14-8-6-4-2;/h15H,3-14H2,1-2H3;1H. The van der Waals surface area contributed by atoms with Gasteiger partial charge in [-0.15, -0.1) is 12.4 Å². The molecule has 0 aliphatic heterocycles. The number of hydrogen-bond acceptors (Lipinski definition) is 7. The molecule has 1 N–H and O–H groups in total. The number of nitrogens with one attached hydrogen (secondary N) is 1. The van der Waals surface area contributed by atoms with Crippen LogP contribution >= 0.6 is 12.4 Å². The van der Waals surface area contributed by atoms with Gasteiger partial charge in [0.15, 0.2) is 0 Å². The minimum Gasteiger partial charge on any atom is -0.312 e. The normalized spacial score (nSPS) is 12.1. The molecule has 0 aromatic heterocycles. The molecule has 10 heteroatoms. The van der Waals surface area contributed by atoms with Crippen LogP contribution in [0.2, 0.25) is 0 Å². The lowest BCUT2D eigenvalue weighted by Gasteiger charge is -2.08. The Morgan fingerprint density at radius 2 is 1.08 bits per heavy atom. The lowest BCUT2D eigenvalue weighted by atomic mass is 10.3. The highest BCUT2D eigenvalue weighted by Gasteiger charge is 2.11. The van der Waals surface area contributed by atoms with Crippen molar-refractivity contribution in [2.45, 2.75) is 52.4 Å². The van der Waals surface area contributed by atoms with Gasteiger partial charge in [-0.3, -0.25) is 8.37 Å². The summed E-state index contributed by atoms with van der Waals surface area (Å²) in [6, 6.07) is 0. The molecule has 0 bridgehead atoms. The molecule has 0 aliphatic rings. The Morgan fingerprint density at radius 3 is 1.42 bits per heavy atom. The molecule has 0 saturated carbocycles. The molecule has 0 aromatic carbocycles. The van der Waals surface area contributed by atoms with E-state index in [9.17, 15) is 16.8 Å². The summed E-state index contributed by atoms with van der Waals surface area (Å²) in [6.45, 7) is 4.74. The molecular weight excluding hydrogens is 378 g/mol. The first-order chi connectivity index (χ1) is 10.8. The van der Waals surface area contributed by atoms with Crippen molar-refractivity contribution in [1.29, 1.82) is 0 Å². The molecule has 0 atom stereocenters. The second-order valence-corrected chi connectivity index (χ2v) is 8.85. The summed E-state index contributed by atoms with van der Waals surface area (Å²) >= 11 is 0. The molecule has 0 saturated heterocycles. The molecule has 0 radical (unpaired) electrons. The Morgan fingerprint density at radius 1 is 0.708 bits per heavy atom. The van der Waals surface area contributed by atoms with Gasteiger partial charge < -0.3 is 5.32 Å². The second-order valence-electron chi connectivity index (χ2n) is 5.33. The van der Waals surface area contributed by atoms with Gasteiger partial charge >= 0.3 is 0 Å². The topological polar surface area (TPSA) is 98.8 Å².